The van der Waals surface area contributed by atoms with E-state index in [9.17, 15) is 9.90 Å². The number of benzene rings is 2. The molecule has 0 atom stereocenters. The molecule has 0 aliphatic carbocycles. The molecule has 6 rings (SSSR count). The molecule has 0 saturated carbocycles. The molecule has 2 aromatic carbocycles. The number of hydrogen-bond donors (Lipinski definition) is 1. The third-order valence-electron chi connectivity index (χ3n) is 6.34. The second kappa shape index (κ2) is 9.64. The summed E-state index contributed by atoms with van der Waals surface area (Å²) in [5.74, 6) is 1.14. The zero-order chi connectivity index (χ0) is 26.2. The average Bonchev–Trinajstić information content (AvgIpc) is 3.58. The number of aliphatic imine (C=N–C) groups is 1. The molecule has 0 aliphatic heterocycles. The van der Waals surface area contributed by atoms with Crippen LogP contribution in [0.2, 0.25) is 0 Å². The van der Waals surface area contributed by atoms with Gasteiger partial charge in [-0.25, -0.2) is 14.5 Å². The molecule has 0 unspecified atom stereocenters. The lowest BCUT2D eigenvalue weighted by Crippen LogP contribution is -2.20. The molecule has 38 heavy (non-hydrogen) atoms. The maximum atomic E-state index is 13.5. The van der Waals surface area contributed by atoms with Crippen molar-refractivity contribution in [3.05, 3.63) is 106 Å². The molecular weight excluding hydrogens is 496 g/mol. The number of aromatic hydroxyl groups is 1. The number of rotatable bonds is 6. The molecule has 1 N–H and O–H groups in total. The number of ether oxygens (including phenoxy) is 1. The van der Waals surface area contributed by atoms with Gasteiger partial charge in [-0.1, -0.05) is 24.3 Å². The van der Waals surface area contributed by atoms with Crippen molar-refractivity contribution in [2.45, 2.75) is 13.8 Å². The molecule has 4 heterocycles. The minimum atomic E-state index is -0.316. The molecule has 8 heteroatoms. The summed E-state index contributed by atoms with van der Waals surface area (Å²) in [4.78, 5) is 24.2. The summed E-state index contributed by atoms with van der Waals surface area (Å²) < 4.78 is 8.77. The van der Waals surface area contributed by atoms with Crippen molar-refractivity contribution in [3.63, 3.8) is 0 Å². The summed E-state index contributed by atoms with van der Waals surface area (Å²) in [6.07, 6.45) is 3.56. The van der Waals surface area contributed by atoms with Crippen LogP contribution >= 0.6 is 11.3 Å². The zero-order valence-electron chi connectivity index (χ0n) is 20.8. The van der Waals surface area contributed by atoms with E-state index in [1.807, 2.05) is 72.3 Å². The van der Waals surface area contributed by atoms with E-state index in [1.165, 1.54) is 4.57 Å². The third kappa shape index (κ3) is 4.05. The number of aromatic nitrogens is 3. The lowest BCUT2D eigenvalue weighted by Gasteiger charge is -2.14. The highest BCUT2D eigenvalue weighted by Gasteiger charge is 2.18. The van der Waals surface area contributed by atoms with Crippen LogP contribution in [0.1, 0.15) is 18.1 Å². The maximum absolute atomic E-state index is 13.5. The molecule has 0 spiro atoms. The van der Waals surface area contributed by atoms with E-state index >= 15 is 0 Å². The molecule has 0 fully saturated rings. The van der Waals surface area contributed by atoms with Crippen LogP contribution in [0.5, 0.6) is 11.6 Å². The molecule has 188 valence electrons. The molecule has 4 aromatic heterocycles. The van der Waals surface area contributed by atoms with Gasteiger partial charge >= 0.3 is 0 Å². The van der Waals surface area contributed by atoms with Crippen molar-refractivity contribution < 1.29 is 9.84 Å². The number of nitrogens with zero attached hydrogens (tertiary/aromatic N) is 4. The minimum absolute atomic E-state index is 0.191. The van der Waals surface area contributed by atoms with Crippen molar-refractivity contribution in [2.24, 2.45) is 4.99 Å². The first kappa shape index (κ1) is 23.7. The van der Waals surface area contributed by atoms with Crippen LogP contribution in [0, 0.1) is 6.92 Å². The van der Waals surface area contributed by atoms with Crippen LogP contribution in [0.3, 0.4) is 0 Å². The Balaban J connectivity index is 1.56. The first-order chi connectivity index (χ1) is 18.5. The fourth-order valence-electron chi connectivity index (χ4n) is 4.55. The summed E-state index contributed by atoms with van der Waals surface area (Å²) in [6.45, 7) is 4.47. The summed E-state index contributed by atoms with van der Waals surface area (Å²) in [5.41, 5.74) is 3.29. The number of hydrogen-bond acceptors (Lipinski definition) is 6. The Hall–Kier alpha value is -4.69. The topological polar surface area (TPSA) is 81.1 Å². The van der Waals surface area contributed by atoms with Crippen LogP contribution < -0.4 is 10.3 Å². The van der Waals surface area contributed by atoms with E-state index in [0.29, 0.717) is 40.2 Å². The normalized spacial score (nSPS) is 11.6. The molecule has 0 amide bonds. The molecule has 6 aromatic rings. The van der Waals surface area contributed by atoms with Gasteiger partial charge in [0.1, 0.15) is 17.1 Å². The number of thiophene rings is 1. The van der Waals surface area contributed by atoms with Crippen LogP contribution in [0.4, 0.5) is 5.82 Å². The van der Waals surface area contributed by atoms with E-state index in [0.717, 1.165) is 21.8 Å². The van der Waals surface area contributed by atoms with Gasteiger partial charge < -0.3 is 9.84 Å². The maximum Gasteiger partial charge on any atom is 0.265 e. The fraction of sp³-hybridized carbons (Fsp3) is 0.100. The summed E-state index contributed by atoms with van der Waals surface area (Å²) in [6, 6.07) is 22.3. The van der Waals surface area contributed by atoms with E-state index < -0.39 is 0 Å². The second-order valence-corrected chi connectivity index (χ2v) is 9.75. The standard InChI is InChI=1S/C30H24N4O3S/c1-3-37-21-12-10-20(11-13-21)34-29(35)23-8-5-4-7-22(23)24(30(34)36)18-31-28-27(25-9-6-16-38-25)32-26-17-19(2)14-15-33(26)28/h4-18,36H,3H2,1-2H3. The largest absolute Gasteiger partial charge is 0.494 e. The van der Waals surface area contributed by atoms with E-state index in [1.54, 1.807) is 47.9 Å². The van der Waals surface area contributed by atoms with Crippen molar-refractivity contribution in [1.29, 1.82) is 0 Å². The molecule has 0 saturated heterocycles. The Morgan fingerprint density at radius 3 is 2.58 bits per heavy atom. The Kier molecular flexibility index (Phi) is 6.01. The Bertz CT molecular complexity index is 1870. The van der Waals surface area contributed by atoms with Gasteiger partial charge in [0.2, 0.25) is 5.88 Å². The molecule has 0 aliphatic rings. The SMILES string of the molecule is CCOc1ccc(-n2c(O)c(C=Nc3c(-c4cccs4)nc4cc(C)ccn34)c3ccccc3c2=O)cc1. The number of aryl methyl sites for hydroxylation is 1. The van der Waals surface area contributed by atoms with Gasteiger partial charge in [-0.05, 0) is 73.3 Å². The van der Waals surface area contributed by atoms with Gasteiger partial charge in [0.25, 0.3) is 5.56 Å². The van der Waals surface area contributed by atoms with Crippen LogP contribution in [0.15, 0.2) is 94.2 Å². The quantitative estimate of drug-likeness (QED) is 0.253. The van der Waals surface area contributed by atoms with E-state index in [4.69, 9.17) is 14.7 Å². The van der Waals surface area contributed by atoms with Crippen molar-refractivity contribution >= 4 is 39.8 Å². The van der Waals surface area contributed by atoms with Crippen molar-refractivity contribution in [2.75, 3.05) is 6.61 Å². The lowest BCUT2D eigenvalue weighted by atomic mass is 10.1. The van der Waals surface area contributed by atoms with Gasteiger partial charge in [0, 0.05) is 23.2 Å². The predicted octanol–water partition coefficient (Wildman–Crippen LogP) is 6.53. The minimum Gasteiger partial charge on any atom is -0.494 e. The van der Waals surface area contributed by atoms with Crippen molar-refractivity contribution in [1.82, 2.24) is 14.0 Å². The van der Waals surface area contributed by atoms with Gasteiger partial charge in [-0.15, -0.1) is 11.3 Å². The fourth-order valence-corrected chi connectivity index (χ4v) is 5.26. The summed E-state index contributed by atoms with van der Waals surface area (Å²) >= 11 is 1.59. The van der Waals surface area contributed by atoms with Crippen LogP contribution in [0.25, 0.3) is 32.7 Å². The highest BCUT2D eigenvalue weighted by Crippen LogP contribution is 2.35. The molecular formula is C30H24N4O3S. The van der Waals surface area contributed by atoms with Gasteiger partial charge in [0.05, 0.1) is 22.7 Å². The van der Waals surface area contributed by atoms with Crippen LogP contribution in [-0.2, 0) is 0 Å². The Morgan fingerprint density at radius 2 is 1.84 bits per heavy atom. The number of fused-ring (bicyclic) bond motifs is 2. The Labute approximate surface area is 222 Å². The number of pyridine rings is 2. The average molecular weight is 521 g/mol. The first-order valence-electron chi connectivity index (χ1n) is 12.2. The van der Waals surface area contributed by atoms with Gasteiger partial charge in [-0.3, -0.25) is 9.20 Å². The molecule has 0 radical (unpaired) electrons. The predicted molar refractivity (Wildman–Crippen MR) is 153 cm³/mol. The summed E-state index contributed by atoms with van der Waals surface area (Å²) in [7, 11) is 0. The molecule has 7 nitrogen and oxygen atoms in total. The molecule has 0 bridgehead atoms. The van der Waals surface area contributed by atoms with Crippen molar-refractivity contribution in [3.8, 4) is 27.9 Å². The first-order valence-corrected chi connectivity index (χ1v) is 13.1. The van der Waals surface area contributed by atoms with E-state index in [2.05, 4.69) is 0 Å². The summed E-state index contributed by atoms with van der Waals surface area (Å²) in [5, 5.41) is 14.5. The highest BCUT2D eigenvalue weighted by molar-refractivity contribution is 7.13. The lowest BCUT2D eigenvalue weighted by molar-refractivity contribution is 0.340. The van der Waals surface area contributed by atoms with E-state index in [-0.39, 0.29) is 11.4 Å². The zero-order valence-corrected chi connectivity index (χ0v) is 21.6. The third-order valence-corrected chi connectivity index (χ3v) is 7.21. The highest BCUT2D eigenvalue weighted by atomic mass is 32.1. The van der Waals surface area contributed by atoms with Crippen LogP contribution in [-0.4, -0.2) is 31.9 Å². The second-order valence-electron chi connectivity index (χ2n) is 8.80. The van der Waals surface area contributed by atoms with Gasteiger partial charge in [0.15, 0.2) is 5.82 Å². The smallest absolute Gasteiger partial charge is 0.265 e. The number of imidazole rings is 1. The monoisotopic (exact) mass is 520 g/mol. The van der Waals surface area contributed by atoms with Gasteiger partial charge in [-0.2, -0.15) is 0 Å². The Morgan fingerprint density at radius 1 is 1.05 bits per heavy atom.